The molecule has 0 radical (unpaired) electrons. The molecular weight excluding hydrogens is 448 g/mol. The molecule has 0 heterocycles. The van der Waals surface area contributed by atoms with Crippen LogP contribution in [0.15, 0.2) is 164 Å². The Hall–Kier alpha value is -3.20. The van der Waals surface area contributed by atoms with Crippen molar-refractivity contribution in [1.29, 1.82) is 0 Å². The molecule has 0 aliphatic rings. The van der Waals surface area contributed by atoms with Gasteiger partial charge in [-0.2, -0.15) is 0 Å². The van der Waals surface area contributed by atoms with Gasteiger partial charge in [0.15, 0.2) is 24.5 Å². The van der Waals surface area contributed by atoms with E-state index in [1.54, 1.807) is 0 Å². The van der Waals surface area contributed by atoms with E-state index in [4.69, 9.17) is 0 Å². The van der Waals surface area contributed by atoms with Crippen LogP contribution in [0, 0.1) is 0 Å². The lowest BCUT2D eigenvalue weighted by atomic mass is 10.1. The van der Waals surface area contributed by atoms with Gasteiger partial charge in [-0.25, -0.2) is 0 Å². The number of allylic oxidation sites excluding steroid dienone is 3. The van der Waals surface area contributed by atoms with Gasteiger partial charge in [0.2, 0.25) is 0 Å². The average molecular weight is 479 g/mol. The van der Waals surface area contributed by atoms with Crippen LogP contribution in [0.2, 0.25) is 0 Å². The summed E-state index contributed by atoms with van der Waals surface area (Å²) in [6.07, 6.45) is 4.04. The van der Waals surface area contributed by atoms with Crippen molar-refractivity contribution in [3.05, 3.63) is 144 Å². The summed E-state index contributed by atoms with van der Waals surface area (Å²) >= 11 is 0. The topological polar surface area (TPSA) is 0 Å². The van der Waals surface area contributed by atoms with E-state index < -0.39 is 0 Å². The lowest BCUT2D eigenvalue weighted by Gasteiger charge is -2.10. The maximum absolute atomic E-state index is 4.23. The molecule has 0 aliphatic carbocycles. The third kappa shape index (κ3) is 5.30. The largest absolute Gasteiger partial charge is 0.166 e. The summed E-state index contributed by atoms with van der Waals surface area (Å²) in [5.74, 6) is 0. The first-order valence-electron chi connectivity index (χ1n) is 11.4. The Morgan fingerprint density at radius 2 is 1.03 bits per heavy atom. The zero-order chi connectivity index (χ0) is 23.9. The smallest absolute Gasteiger partial charge is 0.0941 e. The van der Waals surface area contributed by atoms with E-state index in [1.807, 2.05) is 6.08 Å². The maximum Gasteiger partial charge on any atom is 0.166 e. The Balaban J connectivity index is 1.64. The third-order valence-corrected chi connectivity index (χ3v) is 10.2. The van der Waals surface area contributed by atoms with Crippen molar-refractivity contribution >= 4 is 21.8 Å². The maximum atomic E-state index is 4.23. The second-order valence-corrected chi connectivity index (χ2v) is 12.1. The van der Waals surface area contributed by atoms with Gasteiger partial charge in [-0.1, -0.05) is 43.0 Å². The first-order chi connectivity index (χ1) is 16.6. The number of hydrogen-bond donors (Lipinski definition) is 0. The van der Waals surface area contributed by atoms with Gasteiger partial charge in [-0.3, -0.25) is 0 Å². The van der Waals surface area contributed by atoms with Gasteiger partial charge in [0.05, 0.1) is 21.8 Å². The molecular formula is C32H30S2+2. The highest BCUT2D eigenvalue weighted by molar-refractivity contribution is 8.04. The minimum atomic E-state index is -0.145. The van der Waals surface area contributed by atoms with Crippen molar-refractivity contribution < 1.29 is 0 Å². The second-order valence-electron chi connectivity index (χ2n) is 7.86. The Morgan fingerprint density at radius 3 is 1.44 bits per heavy atom. The molecule has 1 unspecified atom stereocenters. The van der Waals surface area contributed by atoms with Crippen LogP contribution in [-0.4, -0.2) is 0 Å². The molecule has 0 N–H and O–H groups in total. The highest BCUT2D eigenvalue weighted by Crippen LogP contribution is 2.34. The molecule has 0 fully saturated rings. The lowest BCUT2D eigenvalue weighted by molar-refractivity contribution is 1.32. The summed E-state index contributed by atoms with van der Waals surface area (Å²) in [6.45, 7) is 12.4. The van der Waals surface area contributed by atoms with Crippen molar-refractivity contribution in [1.82, 2.24) is 0 Å². The zero-order valence-corrected chi connectivity index (χ0v) is 21.4. The lowest BCUT2D eigenvalue weighted by Crippen LogP contribution is -2.05. The van der Waals surface area contributed by atoms with Crippen LogP contribution in [0.3, 0.4) is 0 Å². The minimum absolute atomic E-state index is 0.126. The molecule has 0 spiro atoms. The van der Waals surface area contributed by atoms with Gasteiger partial charge in [-0.15, -0.1) is 0 Å². The predicted octanol–water partition coefficient (Wildman–Crippen LogP) is 9.05. The summed E-state index contributed by atoms with van der Waals surface area (Å²) in [7, 11) is -0.271. The molecule has 0 aromatic heterocycles. The molecule has 2 heteroatoms. The monoisotopic (exact) mass is 478 g/mol. The molecule has 0 saturated heterocycles. The molecule has 168 valence electrons. The SMILES string of the molecule is C=CC(=C)[S+](/C(C)=C/C)c1ccc(-c2ccc([S+](c3ccccc3)c3ccccc3)cc2)cc1. The normalized spacial score (nSPS) is 12.4. The van der Waals surface area contributed by atoms with Gasteiger partial charge in [-0.05, 0) is 110 Å². The van der Waals surface area contributed by atoms with E-state index in [-0.39, 0.29) is 21.8 Å². The highest BCUT2D eigenvalue weighted by Gasteiger charge is 2.29. The molecule has 34 heavy (non-hydrogen) atoms. The standard InChI is InChI=1S/C32H30S2/c1-5-25(3)33(26(4)6-2)31-21-17-27(18-22-31)28-19-23-32(24-20-28)34(29-13-9-7-10-14-29)30-15-11-8-12-16-30/h5-24H,1,3H2,2,4H3/q+2/b26-6+. The quantitative estimate of drug-likeness (QED) is 0.175. The molecule has 0 nitrogen and oxygen atoms in total. The van der Waals surface area contributed by atoms with Gasteiger partial charge in [0.1, 0.15) is 4.91 Å². The van der Waals surface area contributed by atoms with Crippen LogP contribution >= 0.6 is 0 Å². The summed E-state index contributed by atoms with van der Waals surface area (Å²) in [5.41, 5.74) is 2.45. The van der Waals surface area contributed by atoms with Gasteiger partial charge in [0.25, 0.3) is 0 Å². The summed E-state index contributed by atoms with van der Waals surface area (Å²) in [5, 5.41) is 0. The molecule has 1 atom stereocenters. The fourth-order valence-corrected chi connectivity index (χ4v) is 7.82. The van der Waals surface area contributed by atoms with Gasteiger partial charge in [0, 0.05) is 6.92 Å². The fraction of sp³-hybridized carbons (Fsp3) is 0.0625. The average Bonchev–Trinajstić information content (AvgIpc) is 2.91. The van der Waals surface area contributed by atoms with Crippen molar-refractivity contribution in [3.8, 4) is 11.1 Å². The van der Waals surface area contributed by atoms with E-state index in [0.29, 0.717) is 0 Å². The van der Waals surface area contributed by atoms with E-state index in [1.165, 1.54) is 35.6 Å². The van der Waals surface area contributed by atoms with Gasteiger partial charge >= 0.3 is 0 Å². The van der Waals surface area contributed by atoms with E-state index in [9.17, 15) is 0 Å². The molecule has 0 aliphatic heterocycles. The summed E-state index contributed by atoms with van der Waals surface area (Å²) in [4.78, 5) is 7.64. The molecule has 0 saturated carbocycles. The summed E-state index contributed by atoms with van der Waals surface area (Å²) in [6, 6.07) is 39.5. The Bertz CT molecular complexity index is 1230. The molecule has 0 amide bonds. The Labute approximate surface area is 210 Å². The molecule has 4 rings (SSSR count). The number of benzene rings is 4. The fourth-order valence-electron chi connectivity index (χ4n) is 3.83. The van der Waals surface area contributed by atoms with Crippen molar-refractivity contribution in [3.63, 3.8) is 0 Å². The molecule has 4 aromatic rings. The van der Waals surface area contributed by atoms with Crippen LogP contribution in [0.4, 0.5) is 0 Å². The predicted molar refractivity (Wildman–Crippen MR) is 151 cm³/mol. The van der Waals surface area contributed by atoms with Crippen LogP contribution in [0.1, 0.15) is 13.8 Å². The van der Waals surface area contributed by atoms with Crippen LogP contribution < -0.4 is 0 Å². The number of hydrogen-bond acceptors (Lipinski definition) is 0. The van der Waals surface area contributed by atoms with E-state index in [2.05, 4.69) is 142 Å². The van der Waals surface area contributed by atoms with Crippen LogP contribution in [0.5, 0.6) is 0 Å². The highest BCUT2D eigenvalue weighted by atomic mass is 32.2. The first-order valence-corrected chi connectivity index (χ1v) is 13.8. The first kappa shape index (κ1) is 23.9. The molecule has 0 bridgehead atoms. The number of rotatable bonds is 8. The van der Waals surface area contributed by atoms with Gasteiger partial charge < -0.3 is 0 Å². The van der Waals surface area contributed by atoms with Crippen LogP contribution in [0.25, 0.3) is 11.1 Å². The third-order valence-electron chi connectivity index (χ3n) is 5.69. The van der Waals surface area contributed by atoms with Crippen LogP contribution in [-0.2, 0) is 21.8 Å². The summed E-state index contributed by atoms with van der Waals surface area (Å²) < 4.78 is 0. The Kier molecular flexibility index (Phi) is 7.95. The van der Waals surface area contributed by atoms with Crippen molar-refractivity contribution in [2.24, 2.45) is 0 Å². The van der Waals surface area contributed by atoms with E-state index in [0.717, 1.165) is 4.91 Å². The second kappa shape index (κ2) is 11.3. The minimum Gasteiger partial charge on any atom is -0.0941 e. The zero-order valence-electron chi connectivity index (χ0n) is 19.8. The molecule has 4 aromatic carbocycles. The Morgan fingerprint density at radius 1 is 0.618 bits per heavy atom. The van der Waals surface area contributed by atoms with E-state index >= 15 is 0 Å². The van der Waals surface area contributed by atoms with Crippen molar-refractivity contribution in [2.75, 3.05) is 0 Å². The van der Waals surface area contributed by atoms with Crippen molar-refractivity contribution in [2.45, 2.75) is 33.4 Å².